The highest BCUT2D eigenvalue weighted by atomic mass is 35.5. The Morgan fingerprint density at radius 3 is 2.65 bits per heavy atom. The Labute approximate surface area is 157 Å². The minimum absolute atomic E-state index is 0.135. The maximum Gasteiger partial charge on any atom is 0.251 e. The molecule has 0 unspecified atom stereocenters. The van der Waals surface area contributed by atoms with Gasteiger partial charge in [0.25, 0.3) is 5.91 Å². The lowest BCUT2D eigenvalue weighted by molar-refractivity contribution is -0.117. The molecule has 26 heavy (non-hydrogen) atoms. The number of aryl methyl sites for hydroxylation is 1. The van der Waals surface area contributed by atoms with Crippen LogP contribution in [0, 0.1) is 6.92 Å². The summed E-state index contributed by atoms with van der Waals surface area (Å²) in [6.07, 6.45) is 1.47. The van der Waals surface area contributed by atoms with Crippen LogP contribution in [0.1, 0.15) is 28.8 Å². The number of halogens is 1. The topological polar surface area (TPSA) is 58.6 Å². The standard InChI is InChI=1S/C20H21ClN2O3/c1-14-4-9-17(13-18(14)21)26-12-10-22-20(25)15-5-7-16(8-6-15)23-11-2-3-19(23)24/h4-9,13H,2-3,10-12H2,1H3,(H,22,25). The molecule has 136 valence electrons. The van der Waals surface area contributed by atoms with Gasteiger partial charge in [-0.1, -0.05) is 17.7 Å². The Kier molecular flexibility index (Phi) is 5.78. The van der Waals surface area contributed by atoms with E-state index in [0.717, 1.165) is 24.2 Å². The lowest BCUT2D eigenvalue weighted by Crippen LogP contribution is -2.28. The summed E-state index contributed by atoms with van der Waals surface area (Å²) < 4.78 is 5.58. The first-order valence-corrected chi connectivity index (χ1v) is 9.00. The fourth-order valence-electron chi connectivity index (χ4n) is 2.81. The van der Waals surface area contributed by atoms with Crippen molar-refractivity contribution in [3.8, 4) is 5.75 Å². The Balaban J connectivity index is 1.47. The summed E-state index contributed by atoms with van der Waals surface area (Å²) in [5.74, 6) is 0.639. The molecule has 1 heterocycles. The first kappa shape index (κ1) is 18.3. The second-order valence-corrected chi connectivity index (χ2v) is 6.62. The smallest absolute Gasteiger partial charge is 0.251 e. The zero-order valence-electron chi connectivity index (χ0n) is 14.6. The first-order chi connectivity index (χ1) is 12.5. The third-order valence-corrected chi connectivity index (χ3v) is 4.72. The Hall–Kier alpha value is -2.53. The summed E-state index contributed by atoms with van der Waals surface area (Å²) in [5.41, 5.74) is 2.38. The van der Waals surface area contributed by atoms with E-state index in [-0.39, 0.29) is 11.8 Å². The minimum Gasteiger partial charge on any atom is -0.492 e. The molecule has 1 fully saturated rings. The van der Waals surface area contributed by atoms with Crippen molar-refractivity contribution in [2.45, 2.75) is 19.8 Å². The van der Waals surface area contributed by atoms with Crippen LogP contribution in [0.4, 0.5) is 5.69 Å². The third kappa shape index (κ3) is 4.35. The average Bonchev–Trinajstić information content (AvgIpc) is 3.07. The third-order valence-electron chi connectivity index (χ3n) is 4.31. The molecule has 0 aromatic heterocycles. The van der Waals surface area contributed by atoms with Crippen LogP contribution >= 0.6 is 11.6 Å². The molecule has 0 saturated carbocycles. The van der Waals surface area contributed by atoms with E-state index in [4.69, 9.17) is 16.3 Å². The number of anilines is 1. The zero-order valence-corrected chi connectivity index (χ0v) is 15.4. The van der Waals surface area contributed by atoms with Crippen LogP contribution in [0.2, 0.25) is 5.02 Å². The number of nitrogens with zero attached hydrogens (tertiary/aromatic N) is 1. The fraction of sp³-hybridized carbons (Fsp3) is 0.300. The van der Waals surface area contributed by atoms with Crippen molar-refractivity contribution >= 4 is 29.1 Å². The van der Waals surface area contributed by atoms with Gasteiger partial charge in [-0.3, -0.25) is 9.59 Å². The number of benzene rings is 2. The van der Waals surface area contributed by atoms with Gasteiger partial charge in [-0.25, -0.2) is 0 Å². The van der Waals surface area contributed by atoms with E-state index < -0.39 is 0 Å². The second-order valence-electron chi connectivity index (χ2n) is 6.21. The van der Waals surface area contributed by atoms with Crippen molar-refractivity contribution in [2.75, 3.05) is 24.6 Å². The molecule has 1 saturated heterocycles. The molecule has 6 heteroatoms. The summed E-state index contributed by atoms with van der Waals surface area (Å²) in [7, 11) is 0. The van der Waals surface area contributed by atoms with Gasteiger partial charge < -0.3 is 15.0 Å². The number of amides is 2. The molecule has 1 aliphatic rings. The molecule has 0 radical (unpaired) electrons. The van der Waals surface area contributed by atoms with E-state index in [1.165, 1.54) is 0 Å². The predicted octanol–water partition coefficient (Wildman–Crippen LogP) is 3.58. The molecule has 3 rings (SSSR count). The number of rotatable bonds is 6. The fourth-order valence-corrected chi connectivity index (χ4v) is 2.98. The zero-order chi connectivity index (χ0) is 18.5. The number of carbonyl (C=O) groups excluding carboxylic acids is 2. The number of hydrogen-bond donors (Lipinski definition) is 1. The molecular weight excluding hydrogens is 352 g/mol. The number of hydrogen-bond acceptors (Lipinski definition) is 3. The highest BCUT2D eigenvalue weighted by Crippen LogP contribution is 2.22. The van der Waals surface area contributed by atoms with Crippen LogP contribution in [0.25, 0.3) is 0 Å². The molecule has 0 spiro atoms. The van der Waals surface area contributed by atoms with Crippen molar-refractivity contribution in [2.24, 2.45) is 0 Å². The quantitative estimate of drug-likeness (QED) is 0.788. The van der Waals surface area contributed by atoms with Crippen molar-refractivity contribution in [3.63, 3.8) is 0 Å². The molecule has 1 N–H and O–H groups in total. The molecule has 0 bridgehead atoms. The minimum atomic E-state index is -0.171. The second kappa shape index (κ2) is 8.23. The molecule has 2 amide bonds. The first-order valence-electron chi connectivity index (χ1n) is 8.62. The van der Waals surface area contributed by atoms with Crippen LogP contribution in [0.5, 0.6) is 5.75 Å². The largest absolute Gasteiger partial charge is 0.492 e. The van der Waals surface area contributed by atoms with Gasteiger partial charge in [-0.2, -0.15) is 0 Å². The monoisotopic (exact) mass is 372 g/mol. The normalized spacial score (nSPS) is 13.8. The van der Waals surface area contributed by atoms with Crippen LogP contribution in [-0.4, -0.2) is 31.5 Å². The molecule has 2 aromatic rings. The van der Waals surface area contributed by atoms with E-state index in [0.29, 0.717) is 35.9 Å². The lowest BCUT2D eigenvalue weighted by atomic mass is 10.2. The van der Waals surface area contributed by atoms with Gasteiger partial charge in [0.05, 0.1) is 6.54 Å². The van der Waals surface area contributed by atoms with E-state index in [1.807, 2.05) is 31.2 Å². The molecule has 0 atom stereocenters. The molecule has 5 nitrogen and oxygen atoms in total. The maximum atomic E-state index is 12.2. The maximum absolute atomic E-state index is 12.2. The van der Waals surface area contributed by atoms with E-state index >= 15 is 0 Å². The SMILES string of the molecule is Cc1ccc(OCCNC(=O)c2ccc(N3CCCC3=O)cc2)cc1Cl. The number of carbonyl (C=O) groups is 2. The lowest BCUT2D eigenvalue weighted by Gasteiger charge is -2.15. The highest BCUT2D eigenvalue weighted by Gasteiger charge is 2.21. The Morgan fingerprint density at radius 2 is 2.00 bits per heavy atom. The van der Waals surface area contributed by atoms with Crippen molar-refractivity contribution < 1.29 is 14.3 Å². The van der Waals surface area contributed by atoms with Crippen molar-refractivity contribution in [1.82, 2.24) is 5.32 Å². The summed E-state index contributed by atoms with van der Waals surface area (Å²) in [6.45, 7) is 3.41. The van der Waals surface area contributed by atoms with Gasteiger partial charge in [-0.05, 0) is 55.3 Å². The molecule has 2 aromatic carbocycles. The van der Waals surface area contributed by atoms with Gasteiger partial charge in [0, 0.05) is 29.2 Å². The molecular formula is C20H21ClN2O3. The van der Waals surface area contributed by atoms with Crippen LogP contribution in [0.3, 0.4) is 0 Å². The van der Waals surface area contributed by atoms with Crippen molar-refractivity contribution in [1.29, 1.82) is 0 Å². The summed E-state index contributed by atoms with van der Waals surface area (Å²) >= 11 is 6.05. The average molecular weight is 373 g/mol. The molecule has 1 aliphatic heterocycles. The van der Waals surface area contributed by atoms with Gasteiger partial charge in [-0.15, -0.1) is 0 Å². The Bertz CT molecular complexity index is 805. The highest BCUT2D eigenvalue weighted by molar-refractivity contribution is 6.31. The number of ether oxygens (including phenoxy) is 1. The van der Waals surface area contributed by atoms with Gasteiger partial charge in [0.2, 0.25) is 5.91 Å². The van der Waals surface area contributed by atoms with Crippen molar-refractivity contribution in [3.05, 3.63) is 58.6 Å². The summed E-state index contributed by atoms with van der Waals surface area (Å²) in [4.78, 5) is 25.7. The van der Waals surface area contributed by atoms with Gasteiger partial charge in [0.1, 0.15) is 12.4 Å². The predicted molar refractivity (Wildman–Crippen MR) is 102 cm³/mol. The number of nitrogens with one attached hydrogen (secondary N) is 1. The van der Waals surface area contributed by atoms with E-state index in [1.54, 1.807) is 23.1 Å². The van der Waals surface area contributed by atoms with Gasteiger partial charge in [0.15, 0.2) is 0 Å². The summed E-state index contributed by atoms with van der Waals surface area (Å²) in [5, 5.41) is 3.47. The van der Waals surface area contributed by atoms with Crippen LogP contribution in [0.15, 0.2) is 42.5 Å². The van der Waals surface area contributed by atoms with E-state index in [2.05, 4.69) is 5.32 Å². The van der Waals surface area contributed by atoms with Crippen LogP contribution in [-0.2, 0) is 4.79 Å². The summed E-state index contributed by atoms with van der Waals surface area (Å²) in [6, 6.07) is 12.6. The van der Waals surface area contributed by atoms with Gasteiger partial charge >= 0.3 is 0 Å². The Morgan fingerprint density at radius 1 is 1.23 bits per heavy atom. The van der Waals surface area contributed by atoms with Crippen LogP contribution < -0.4 is 15.0 Å². The molecule has 0 aliphatic carbocycles. The van der Waals surface area contributed by atoms with E-state index in [9.17, 15) is 9.59 Å².